The number of fused-ring (bicyclic) bond motifs is 3. The number of imidazole rings is 1. The van der Waals surface area contributed by atoms with E-state index in [0.29, 0.717) is 24.8 Å². The van der Waals surface area contributed by atoms with Crippen molar-refractivity contribution in [3.63, 3.8) is 0 Å². The lowest BCUT2D eigenvalue weighted by atomic mass is 9.96. The van der Waals surface area contributed by atoms with E-state index < -0.39 is 0 Å². The second-order valence-corrected chi connectivity index (χ2v) is 9.92. The molecule has 184 valence electrons. The molecule has 9 nitrogen and oxygen atoms in total. The molecular formula is C28H27N9. The Labute approximate surface area is 213 Å². The Morgan fingerprint density at radius 3 is 2.78 bits per heavy atom. The van der Waals surface area contributed by atoms with Crippen molar-refractivity contribution < 1.29 is 0 Å². The Balaban J connectivity index is 1.21. The number of hydrogen-bond acceptors (Lipinski definition) is 7. The summed E-state index contributed by atoms with van der Waals surface area (Å²) >= 11 is 0. The maximum Gasteiger partial charge on any atom is 0.139 e. The molecule has 6 aromatic rings. The minimum absolute atomic E-state index is 0.516. The minimum atomic E-state index is 0.516. The number of nitrogens with two attached hydrogens (primary N) is 1. The number of nitrogens with one attached hydrogen (secondary N) is 1. The number of hydrogen-bond donors (Lipinski definition) is 2. The van der Waals surface area contributed by atoms with Crippen molar-refractivity contribution in [3.05, 3.63) is 83.1 Å². The molecule has 1 fully saturated rings. The molecule has 1 aliphatic rings. The van der Waals surface area contributed by atoms with Crippen LogP contribution in [0.1, 0.15) is 46.7 Å². The fourth-order valence-corrected chi connectivity index (χ4v) is 5.25. The molecule has 0 amide bonds. The molecule has 5 aromatic heterocycles. The van der Waals surface area contributed by atoms with E-state index >= 15 is 0 Å². The molecule has 0 saturated heterocycles. The molecular weight excluding hydrogens is 462 g/mol. The lowest BCUT2D eigenvalue weighted by Gasteiger charge is -2.14. The van der Waals surface area contributed by atoms with E-state index in [0.717, 1.165) is 44.5 Å². The fourth-order valence-electron chi connectivity index (χ4n) is 5.25. The van der Waals surface area contributed by atoms with Gasteiger partial charge in [-0.3, -0.25) is 0 Å². The third kappa shape index (κ3) is 3.79. The summed E-state index contributed by atoms with van der Waals surface area (Å²) in [6.07, 6.45) is 10.4. The highest BCUT2D eigenvalue weighted by Crippen LogP contribution is 2.40. The van der Waals surface area contributed by atoms with E-state index in [-0.39, 0.29) is 0 Å². The molecule has 1 aromatic carbocycles. The topological polar surface area (TPSA) is 112 Å². The molecule has 1 aliphatic carbocycles. The van der Waals surface area contributed by atoms with Crippen LogP contribution in [-0.4, -0.2) is 34.3 Å². The molecule has 0 aliphatic heterocycles. The zero-order chi connectivity index (χ0) is 25.1. The number of anilines is 2. The lowest BCUT2D eigenvalue weighted by Crippen LogP contribution is -2.05. The van der Waals surface area contributed by atoms with Gasteiger partial charge in [0.15, 0.2) is 0 Å². The molecule has 7 rings (SSSR count). The Bertz CT molecular complexity index is 1810. The third-order valence-corrected chi connectivity index (χ3v) is 7.42. The molecule has 37 heavy (non-hydrogen) atoms. The van der Waals surface area contributed by atoms with Crippen molar-refractivity contribution in [1.29, 1.82) is 0 Å². The van der Waals surface area contributed by atoms with Crippen LogP contribution in [0.2, 0.25) is 0 Å². The molecule has 9 heteroatoms. The highest BCUT2D eigenvalue weighted by molar-refractivity contribution is 5.96. The van der Waals surface area contributed by atoms with Gasteiger partial charge >= 0.3 is 0 Å². The van der Waals surface area contributed by atoms with Crippen LogP contribution in [0.5, 0.6) is 0 Å². The molecule has 0 unspecified atom stereocenters. The van der Waals surface area contributed by atoms with Gasteiger partial charge in [0, 0.05) is 36.6 Å². The van der Waals surface area contributed by atoms with Gasteiger partial charge in [-0.05, 0) is 78.4 Å². The van der Waals surface area contributed by atoms with Crippen molar-refractivity contribution >= 4 is 39.1 Å². The van der Waals surface area contributed by atoms with Gasteiger partial charge in [0.05, 0.1) is 24.0 Å². The van der Waals surface area contributed by atoms with Crippen LogP contribution in [0.3, 0.4) is 0 Å². The zero-order valence-corrected chi connectivity index (χ0v) is 20.8. The van der Waals surface area contributed by atoms with Crippen molar-refractivity contribution in [2.75, 3.05) is 5.32 Å². The third-order valence-electron chi connectivity index (χ3n) is 7.42. The van der Waals surface area contributed by atoms with Crippen LogP contribution in [0.15, 0.2) is 55.1 Å². The summed E-state index contributed by atoms with van der Waals surface area (Å²) in [7, 11) is 0. The van der Waals surface area contributed by atoms with Crippen molar-refractivity contribution in [3.8, 4) is 0 Å². The van der Waals surface area contributed by atoms with Gasteiger partial charge < -0.3 is 15.5 Å². The monoisotopic (exact) mass is 489 g/mol. The molecule has 1 saturated carbocycles. The highest BCUT2D eigenvalue weighted by Gasteiger charge is 2.23. The maximum atomic E-state index is 6.00. The Morgan fingerprint density at radius 1 is 1.05 bits per heavy atom. The van der Waals surface area contributed by atoms with E-state index in [1.54, 1.807) is 6.20 Å². The summed E-state index contributed by atoms with van der Waals surface area (Å²) in [5.41, 5.74) is 14.4. The molecule has 3 N–H and O–H groups in total. The van der Waals surface area contributed by atoms with Crippen molar-refractivity contribution in [1.82, 2.24) is 34.3 Å². The van der Waals surface area contributed by atoms with Gasteiger partial charge in [-0.15, -0.1) is 5.10 Å². The molecule has 0 spiro atoms. The number of rotatable bonds is 6. The largest absolute Gasteiger partial charge is 0.326 e. The summed E-state index contributed by atoms with van der Waals surface area (Å²) in [5.74, 6) is 2.14. The van der Waals surface area contributed by atoms with Crippen molar-refractivity contribution in [2.24, 2.45) is 5.73 Å². The summed E-state index contributed by atoms with van der Waals surface area (Å²) in [6.45, 7) is 5.24. The van der Waals surface area contributed by atoms with Crippen LogP contribution in [0.4, 0.5) is 11.6 Å². The van der Waals surface area contributed by atoms with E-state index in [1.807, 2.05) is 23.0 Å². The number of aryl methyl sites for hydroxylation is 2. The first kappa shape index (κ1) is 21.9. The number of benzene rings is 1. The van der Waals surface area contributed by atoms with Crippen LogP contribution in [0.25, 0.3) is 27.5 Å². The summed E-state index contributed by atoms with van der Waals surface area (Å²) in [6, 6.07) is 10.4. The van der Waals surface area contributed by atoms with E-state index in [4.69, 9.17) is 10.7 Å². The van der Waals surface area contributed by atoms with E-state index in [2.05, 4.69) is 74.4 Å². The van der Waals surface area contributed by atoms with Gasteiger partial charge in [0.1, 0.15) is 22.8 Å². The number of aromatic nitrogens is 7. The molecule has 5 heterocycles. The minimum Gasteiger partial charge on any atom is -0.326 e. The molecule has 0 atom stereocenters. The zero-order valence-electron chi connectivity index (χ0n) is 20.8. The average molecular weight is 490 g/mol. The van der Waals surface area contributed by atoms with Crippen LogP contribution < -0.4 is 11.1 Å². The first-order valence-corrected chi connectivity index (χ1v) is 12.6. The number of pyridine rings is 3. The predicted octanol–water partition coefficient (Wildman–Crippen LogP) is 4.77. The average Bonchev–Trinajstić information content (AvgIpc) is 3.56. The van der Waals surface area contributed by atoms with Gasteiger partial charge in [-0.2, -0.15) is 0 Å². The second-order valence-electron chi connectivity index (χ2n) is 9.92. The van der Waals surface area contributed by atoms with Crippen LogP contribution in [0, 0.1) is 13.8 Å². The fraction of sp³-hybridized carbons (Fsp3) is 0.250. The second kappa shape index (κ2) is 8.35. The van der Waals surface area contributed by atoms with Gasteiger partial charge in [0.2, 0.25) is 0 Å². The quantitative estimate of drug-likeness (QED) is 0.347. The first-order valence-electron chi connectivity index (χ1n) is 12.6. The van der Waals surface area contributed by atoms with E-state index in [9.17, 15) is 0 Å². The smallest absolute Gasteiger partial charge is 0.139 e. The molecule has 0 bridgehead atoms. The normalized spacial score (nSPS) is 13.7. The lowest BCUT2D eigenvalue weighted by molar-refractivity contribution is 0.660. The van der Waals surface area contributed by atoms with E-state index in [1.165, 1.54) is 29.5 Å². The standard InChI is InChI=1S/C28H27N9/c1-16-9-22-21(17(2)23(16)11-29)7-8-30-28(22)33-26-10-25-24(12-31-26)34-35-37(25)15-20-14-36-13-19(18-3-4-18)5-6-27(36)32-20/h5-10,12-14,18H,3-4,11,15,29H2,1-2H3,(H,30,31,33). The first-order chi connectivity index (χ1) is 18.1. The summed E-state index contributed by atoms with van der Waals surface area (Å²) < 4.78 is 3.98. The maximum absolute atomic E-state index is 6.00. The Morgan fingerprint density at radius 2 is 1.95 bits per heavy atom. The number of nitrogens with zero attached hydrogens (tertiary/aromatic N) is 7. The summed E-state index contributed by atoms with van der Waals surface area (Å²) in [4.78, 5) is 14.0. The van der Waals surface area contributed by atoms with Crippen molar-refractivity contribution in [2.45, 2.75) is 45.7 Å². The van der Waals surface area contributed by atoms with Gasteiger partial charge in [-0.1, -0.05) is 11.3 Å². The van der Waals surface area contributed by atoms with Gasteiger partial charge in [-0.25, -0.2) is 19.6 Å². The predicted molar refractivity (Wildman–Crippen MR) is 144 cm³/mol. The molecule has 0 radical (unpaired) electrons. The van der Waals surface area contributed by atoms with Crippen LogP contribution >= 0.6 is 0 Å². The summed E-state index contributed by atoms with van der Waals surface area (Å²) in [5, 5.41) is 14.3. The van der Waals surface area contributed by atoms with Gasteiger partial charge in [0.25, 0.3) is 0 Å². The Hall–Kier alpha value is -4.37. The van der Waals surface area contributed by atoms with Crippen LogP contribution in [-0.2, 0) is 13.1 Å². The SMILES string of the molecule is Cc1cc2c(Nc3cc4c(cn3)nnn4Cc3cn4cc(C5CC5)ccc4n3)nccc2c(C)c1CN. The Kier molecular flexibility index (Phi) is 4.93. The highest BCUT2D eigenvalue weighted by atomic mass is 15.4.